The Morgan fingerprint density at radius 3 is 2.15 bits per heavy atom. The normalized spacial score (nSPS) is 37.0. The van der Waals surface area contributed by atoms with Crippen molar-refractivity contribution < 1.29 is 30.0 Å². The first-order valence-corrected chi connectivity index (χ1v) is 12.8. The van der Waals surface area contributed by atoms with Crippen molar-refractivity contribution in [1.82, 2.24) is 0 Å². The molecule has 0 saturated heterocycles. The van der Waals surface area contributed by atoms with E-state index in [4.69, 9.17) is 4.74 Å². The number of carbonyl (C=O) groups excluding carboxylic acids is 1. The molecule has 190 valence electrons. The molecule has 4 rings (SSSR count). The minimum absolute atomic E-state index is 0.137. The number of fused-ring (bicyclic) bond motifs is 3. The summed E-state index contributed by atoms with van der Waals surface area (Å²) >= 11 is 0. The molecule has 4 N–H and O–H groups in total. The molecule has 0 amide bonds. The number of phenolic OH excluding ortho intramolecular Hbond substituents is 3. The van der Waals surface area contributed by atoms with Crippen LogP contribution < -0.4 is 4.74 Å². The summed E-state index contributed by atoms with van der Waals surface area (Å²) in [4.78, 5) is 11.8. The summed E-state index contributed by atoms with van der Waals surface area (Å²) in [6.45, 7) is 13.1. The Kier molecular flexibility index (Phi) is 5.95. The van der Waals surface area contributed by atoms with E-state index in [1.165, 1.54) is 7.11 Å². The minimum atomic E-state index is -0.751. The predicted molar refractivity (Wildman–Crippen MR) is 131 cm³/mol. The van der Waals surface area contributed by atoms with Crippen molar-refractivity contribution in [3.8, 4) is 23.0 Å². The van der Waals surface area contributed by atoms with Gasteiger partial charge < -0.3 is 25.2 Å². The van der Waals surface area contributed by atoms with Crippen LogP contribution in [-0.4, -0.2) is 39.4 Å². The number of benzene rings is 1. The van der Waals surface area contributed by atoms with Crippen LogP contribution in [0.4, 0.5) is 0 Å². The highest BCUT2D eigenvalue weighted by atomic mass is 16.5. The van der Waals surface area contributed by atoms with Crippen LogP contribution >= 0.6 is 0 Å². The van der Waals surface area contributed by atoms with Gasteiger partial charge in [-0.2, -0.15) is 0 Å². The Morgan fingerprint density at radius 1 is 0.971 bits per heavy atom. The zero-order valence-electron chi connectivity index (χ0n) is 21.7. The fourth-order valence-corrected chi connectivity index (χ4v) is 8.27. The summed E-state index contributed by atoms with van der Waals surface area (Å²) in [5.74, 6) is -0.0526. The molecule has 1 aromatic rings. The van der Waals surface area contributed by atoms with E-state index in [1.807, 2.05) is 6.92 Å². The molecule has 0 aliphatic heterocycles. The minimum Gasteiger partial charge on any atom is -0.507 e. The second kappa shape index (κ2) is 8.04. The van der Waals surface area contributed by atoms with Gasteiger partial charge in [-0.1, -0.05) is 34.6 Å². The molecule has 1 unspecified atom stereocenters. The Labute approximate surface area is 203 Å². The molecule has 3 saturated carbocycles. The van der Waals surface area contributed by atoms with Crippen molar-refractivity contribution in [1.29, 1.82) is 0 Å². The number of rotatable bonds is 6. The number of hydrogen-bond donors (Lipinski definition) is 4. The van der Waals surface area contributed by atoms with Gasteiger partial charge in [-0.25, -0.2) is 0 Å². The highest BCUT2D eigenvalue weighted by molar-refractivity contribution is 5.88. The summed E-state index contributed by atoms with van der Waals surface area (Å²) < 4.78 is 5.28. The molecule has 6 heteroatoms. The van der Waals surface area contributed by atoms with E-state index < -0.39 is 11.4 Å². The monoisotopic (exact) mass is 474 g/mol. The number of aldehydes is 1. The van der Waals surface area contributed by atoms with Crippen LogP contribution in [0.3, 0.4) is 0 Å². The lowest BCUT2D eigenvalue weighted by molar-refractivity contribution is -0.0441. The van der Waals surface area contributed by atoms with Gasteiger partial charge in [-0.05, 0) is 85.4 Å². The van der Waals surface area contributed by atoms with E-state index in [0.717, 1.165) is 25.7 Å². The van der Waals surface area contributed by atoms with Crippen molar-refractivity contribution in [2.24, 2.45) is 40.4 Å². The maximum absolute atomic E-state index is 11.8. The summed E-state index contributed by atoms with van der Waals surface area (Å²) in [6.07, 6.45) is 4.66. The molecule has 3 fully saturated rings. The van der Waals surface area contributed by atoms with Crippen LogP contribution in [0.15, 0.2) is 0 Å². The van der Waals surface area contributed by atoms with Crippen LogP contribution in [0.1, 0.15) is 95.5 Å². The Balaban J connectivity index is 1.93. The molecule has 0 heterocycles. The third kappa shape index (κ3) is 3.42. The van der Waals surface area contributed by atoms with E-state index in [9.17, 15) is 25.2 Å². The average molecular weight is 475 g/mol. The van der Waals surface area contributed by atoms with Crippen LogP contribution in [-0.2, 0) is 0 Å². The lowest BCUT2D eigenvalue weighted by Gasteiger charge is -2.45. The smallest absolute Gasteiger partial charge is 0.204 e. The van der Waals surface area contributed by atoms with Crippen LogP contribution in [0.2, 0.25) is 0 Å². The highest BCUT2D eigenvalue weighted by Gasteiger charge is 2.70. The van der Waals surface area contributed by atoms with Crippen LogP contribution in [0.5, 0.6) is 23.0 Å². The average Bonchev–Trinajstić information content (AvgIpc) is 3.13. The first-order valence-electron chi connectivity index (χ1n) is 12.8. The molecule has 0 radical (unpaired) electrons. The summed E-state index contributed by atoms with van der Waals surface area (Å²) in [7, 11) is 1.33. The summed E-state index contributed by atoms with van der Waals surface area (Å²) in [5.41, 5.74) is -0.852. The van der Waals surface area contributed by atoms with Gasteiger partial charge in [0.05, 0.1) is 12.7 Å². The molecule has 0 aromatic heterocycles. The van der Waals surface area contributed by atoms with Gasteiger partial charge in [-0.3, -0.25) is 4.79 Å². The molecule has 34 heavy (non-hydrogen) atoms. The molecule has 3 aliphatic rings. The number of hydrogen-bond acceptors (Lipinski definition) is 6. The summed E-state index contributed by atoms with van der Waals surface area (Å²) in [5, 5.41) is 44.4. The third-order valence-corrected chi connectivity index (χ3v) is 10.1. The second-order valence-electron chi connectivity index (χ2n) is 12.7. The van der Waals surface area contributed by atoms with Crippen molar-refractivity contribution in [3.63, 3.8) is 0 Å². The quantitative estimate of drug-likeness (QED) is 0.400. The molecule has 6 nitrogen and oxygen atoms in total. The lowest BCUT2D eigenvalue weighted by Crippen LogP contribution is -2.42. The van der Waals surface area contributed by atoms with E-state index >= 15 is 0 Å². The maximum Gasteiger partial charge on any atom is 0.204 e. The molecule has 7 atom stereocenters. The molecule has 3 aliphatic carbocycles. The zero-order valence-corrected chi connectivity index (χ0v) is 21.7. The number of phenols is 3. The van der Waals surface area contributed by atoms with E-state index in [-0.39, 0.29) is 62.9 Å². The molecule has 0 bridgehead atoms. The molecule has 0 spiro atoms. The topological polar surface area (TPSA) is 107 Å². The molecular formula is C28H42O6. The number of aliphatic hydroxyl groups is 1. The fourth-order valence-electron chi connectivity index (χ4n) is 8.27. The molecule has 1 aromatic carbocycles. The Bertz CT molecular complexity index is 980. The SMILES string of the molecule is COc1c(O)c(C=O)c(O)c([C@@H](CC(C)C)[C@]2(C)CC[C@@H]3[C@@H]2[C@H]2C(CC[C@@]3(C)O)C2(C)C)c1O. The van der Waals surface area contributed by atoms with Gasteiger partial charge in [0, 0.05) is 5.56 Å². The first kappa shape index (κ1) is 25.2. The first-order chi connectivity index (χ1) is 15.7. The fraction of sp³-hybridized carbons (Fsp3) is 0.750. The number of aromatic hydroxyl groups is 3. The number of ether oxygens (including phenoxy) is 1. The van der Waals surface area contributed by atoms with Crippen molar-refractivity contribution in [3.05, 3.63) is 11.1 Å². The Morgan fingerprint density at radius 2 is 1.59 bits per heavy atom. The predicted octanol–water partition coefficient (Wildman–Crippen LogP) is 5.60. The van der Waals surface area contributed by atoms with E-state index in [0.29, 0.717) is 24.5 Å². The largest absolute Gasteiger partial charge is 0.507 e. The van der Waals surface area contributed by atoms with E-state index in [2.05, 4.69) is 34.6 Å². The number of methoxy groups -OCH3 is 1. The number of carbonyl (C=O) groups is 1. The van der Waals surface area contributed by atoms with Gasteiger partial charge in [0.25, 0.3) is 0 Å². The van der Waals surface area contributed by atoms with E-state index in [1.54, 1.807) is 0 Å². The lowest BCUT2D eigenvalue weighted by atomic mass is 9.59. The molecular weight excluding hydrogens is 432 g/mol. The van der Waals surface area contributed by atoms with Gasteiger partial charge in [0.2, 0.25) is 5.75 Å². The zero-order chi connectivity index (χ0) is 25.4. The van der Waals surface area contributed by atoms with Gasteiger partial charge in [-0.15, -0.1) is 0 Å². The van der Waals surface area contributed by atoms with Crippen LogP contribution in [0.25, 0.3) is 0 Å². The highest BCUT2D eigenvalue weighted by Crippen LogP contribution is 2.76. The third-order valence-electron chi connectivity index (χ3n) is 10.1. The maximum atomic E-state index is 11.8. The van der Waals surface area contributed by atoms with Gasteiger partial charge in [0.1, 0.15) is 11.3 Å². The van der Waals surface area contributed by atoms with Crippen molar-refractivity contribution >= 4 is 6.29 Å². The van der Waals surface area contributed by atoms with Crippen molar-refractivity contribution in [2.45, 2.75) is 85.2 Å². The standard InChI is InChI=1S/C28H42O6/c1-14(2)12-18(19-22(30)15(13-29)23(31)25(34-7)24(19)32)27(5)10-8-17-21(27)20-16(26(20,3)4)9-11-28(17,6)33/h13-14,16-18,20-21,30-33H,8-12H2,1-7H3/t16?,17-,18-,20-,21-,27+,28-/m1/s1. The van der Waals surface area contributed by atoms with Gasteiger partial charge in [0.15, 0.2) is 17.8 Å². The van der Waals surface area contributed by atoms with Crippen molar-refractivity contribution in [2.75, 3.05) is 7.11 Å². The second-order valence-corrected chi connectivity index (χ2v) is 12.7. The van der Waals surface area contributed by atoms with Crippen LogP contribution in [0, 0.1) is 40.4 Å². The Hall–Kier alpha value is -1.95. The van der Waals surface area contributed by atoms with Gasteiger partial charge >= 0.3 is 0 Å². The summed E-state index contributed by atoms with van der Waals surface area (Å²) in [6, 6.07) is 0.